The molecule has 1 amide bonds. The van der Waals surface area contributed by atoms with Gasteiger partial charge in [-0.2, -0.15) is 0 Å². The van der Waals surface area contributed by atoms with E-state index in [9.17, 15) is 13.2 Å². The molecule has 0 aliphatic carbocycles. The van der Waals surface area contributed by atoms with Crippen molar-refractivity contribution in [1.82, 2.24) is 0 Å². The van der Waals surface area contributed by atoms with Gasteiger partial charge < -0.3 is 4.90 Å². The molecule has 1 aliphatic rings. The van der Waals surface area contributed by atoms with Gasteiger partial charge >= 0.3 is 0 Å². The summed E-state index contributed by atoms with van der Waals surface area (Å²) in [7, 11) is -3.79. The molecular formula is C16H15ClN2O3S. The van der Waals surface area contributed by atoms with Gasteiger partial charge in [-0.05, 0) is 30.7 Å². The molecule has 5 nitrogen and oxygen atoms in total. The third kappa shape index (κ3) is 2.92. The fraction of sp³-hybridized carbons (Fsp3) is 0.188. The number of fused-ring (bicyclic) bond motifs is 1. The summed E-state index contributed by atoms with van der Waals surface area (Å²) in [5.74, 6) is -0.0603. The number of sulfonamides is 1. The number of nitrogens with zero attached hydrogens (tertiary/aromatic N) is 1. The highest BCUT2D eigenvalue weighted by Gasteiger charge is 2.26. The molecule has 0 atom stereocenters. The van der Waals surface area contributed by atoms with Crippen molar-refractivity contribution in [3.8, 4) is 0 Å². The topological polar surface area (TPSA) is 66.5 Å². The van der Waals surface area contributed by atoms with E-state index in [-0.39, 0.29) is 15.8 Å². The number of hydrogen-bond donors (Lipinski definition) is 1. The van der Waals surface area contributed by atoms with Crippen LogP contribution in [0, 0.1) is 0 Å². The molecule has 0 radical (unpaired) electrons. The average Bonchev–Trinajstić information content (AvgIpc) is 2.92. The first-order valence-corrected chi connectivity index (χ1v) is 8.93. The molecule has 1 N–H and O–H groups in total. The SMILES string of the molecule is CC(=O)N1CCc2c(NS(=O)(=O)c3ccccc3Cl)cccc21. The van der Waals surface area contributed by atoms with Crippen LogP contribution in [0.5, 0.6) is 0 Å². The lowest BCUT2D eigenvalue weighted by Crippen LogP contribution is -2.25. The summed E-state index contributed by atoms with van der Waals surface area (Å²) in [6.07, 6.45) is 0.607. The largest absolute Gasteiger partial charge is 0.312 e. The molecule has 2 aromatic carbocycles. The second-order valence-electron chi connectivity index (χ2n) is 5.26. The lowest BCUT2D eigenvalue weighted by molar-refractivity contribution is -0.116. The lowest BCUT2D eigenvalue weighted by atomic mass is 10.1. The maximum Gasteiger partial charge on any atom is 0.263 e. The molecule has 0 spiro atoms. The highest BCUT2D eigenvalue weighted by Crippen LogP contribution is 2.35. The highest BCUT2D eigenvalue weighted by atomic mass is 35.5. The van der Waals surface area contributed by atoms with Crippen LogP contribution >= 0.6 is 11.6 Å². The lowest BCUT2D eigenvalue weighted by Gasteiger charge is -2.16. The Labute approximate surface area is 139 Å². The zero-order chi connectivity index (χ0) is 16.6. The van der Waals surface area contributed by atoms with Crippen LogP contribution in [0.15, 0.2) is 47.4 Å². The number of nitrogens with one attached hydrogen (secondary N) is 1. The number of carbonyl (C=O) groups excluding carboxylic acids is 1. The molecule has 1 heterocycles. The van der Waals surface area contributed by atoms with Crippen LogP contribution in [-0.2, 0) is 21.2 Å². The quantitative estimate of drug-likeness (QED) is 0.925. The molecule has 0 aromatic heterocycles. The Bertz CT molecular complexity index is 881. The van der Waals surface area contributed by atoms with Crippen molar-refractivity contribution in [2.75, 3.05) is 16.2 Å². The van der Waals surface area contributed by atoms with Crippen LogP contribution in [0.2, 0.25) is 5.02 Å². The van der Waals surface area contributed by atoms with Crippen molar-refractivity contribution in [2.24, 2.45) is 0 Å². The first-order chi connectivity index (χ1) is 10.9. The van der Waals surface area contributed by atoms with Crippen LogP contribution in [0.25, 0.3) is 0 Å². The summed E-state index contributed by atoms with van der Waals surface area (Å²) in [6.45, 7) is 2.05. The summed E-state index contributed by atoms with van der Waals surface area (Å²) < 4.78 is 27.7. The molecule has 1 aliphatic heterocycles. The minimum atomic E-state index is -3.79. The van der Waals surface area contributed by atoms with Crippen molar-refractivity contribution < 1.29 is 13.2 Å². The molecule has 0 fully saturated rings. The standard InChI is InChI=1S/C16H15ClN2O3S/c1-11(20)19-10-9-12-14(6-4-7-15(12)19)18-23(21,22)16-8-3-2-5-13(16)17/h2-8,18H,9-10H2,1H3. The number of halogens is 1. The number of carbonyl (C=O) groups is 1. The van der Waals surface area contributed by atoms with Crippen LogP contribution in [0.1, 0.15) is 12.5 Å². The summed E-state index contributed by atoms with van der Waals surface area (Å²) in [4.78, 5) is 13.3. The van der Waals surface area contributed by atoms with Gasteiger partial charge in [0.15, 0.2) is 0 Å². The third-order valence-electron chi connectivity index (χ3n) is 3.78. The fourth-order valence-electron chi connectivity index (χ4n) is 2.72. The van der Waals surface area contributed by atoms with E-state index in [1.165, 1.54) is 19.1 Å². The van der Waals surface area contributed by atoms with Crippen LogP contribution in [0.4, 0.5) is 11.4 Å². The van der Waals surface area contributed by atoms with Crippen molar-refractivity contribution in [2.45, 2.75) is 18.2 Å². The molecule has 120 valence electrons. The van der Waals surface area contributed by atoms with Crippen molar-refractivity contribution >= 4 is 38.9 Å². The Morgan fingerprint density at radius 1 is 1.17 bits per heavy atom. The van der Waals surface area contributed by atoms with Crippen molar-refractivity contribution in [1.29, 1.82) is 0 Å². The zero-order valence-electron chi connectivity index (χ0n) is 12.4. The molecule has 23 heavy (non-hydrogen) atoms. The second-order valence-corrected chi connectivity index (χ2v) is 7.32. The van der Waals surface area contributed by atoms with Crippen LogP contribution in [0.3, 0.4) is 0 Å². The van der Waals surface area contributed by atoms with Crippen molar-refractivity contribution in [3.05, 3.63) is 53.1 Å². The van der Waals surface area contributed by atoms with E-state index in [2.05, 4.69) is 4.72 Å². The molecule has 0 saturated carbocycles. The molecule has 0 saturated heterocycles. The van der Waals surface area contributed by atoms with Gasteiger partial charge in [-0.1, -0.05) is 29.8 Å². The summed E-state index contributed by atoms with van der Waals surface area (Å²) >= 11 is 5.98. The van der Waals surface area contributed by atoms with E-state index in [4.69, 9.17) is 11.6 Å². The van der Waals surface area contributed by atoms with E-state index in [0.29, 0.717) is 18.7 Å². The summed E-state index contributed by atoms with van der Waals surface area (Å²) in [5.41, 5.74) is 2.04. The average molecular weight is 351 g/mol. The number of hydrogen-bond acceptors (Lipinski definition) is 3. The minimum Gasteiger partial charge on any atom is -0.312 e. The smallest absolute Gasteiger partial charge is 0.263 e. The number of amides is 1. The van der Waals surface area contributed by atoms with Gasteiger partial charge in [0.1, 0.15) is 4.90 Å². The zero-order valence-corrected chi connectivity index (χ0v) is 14.0. The second kappa shape index (κ2) is 5.86. The van der Waals surface area contributed by atoms with Gasteiger partial charge in [0.2, 0.25) is 5.91 Å². The van der Waals surface area contributed by atoms with E-state index in [0.717, 1.165) is 11.3 Å². The maximum atomic E-state index is 12.6. The van der Waals surface area contributed by atoms with Crippen LogP contribution < -0.4 is 9.62 Å². The van der Waals surface area contributed by atoms with Gasteiger partial charge in [0.25, 0.3) is 10.0 Å². The molecular weight excluding hydrogens is 336 g/mol. The van der Waals surface area contributed by atoms with E-state index < -0.39 is 10.0 Å². The third-order valence-corrected chi connectivity index (χ3v) is 5.64. The van der Waals surface area contributed by atoms with Gasteiger partial charge in [0.05, 0.1) is 10.7 Å². The highest BCUT2D eigenvalue weighted by molar-refractivity contribution is 7.92. The molecule has 0 bridgehead atoms. The van der Waals surface area contributed by atoms with Gasteiger partial charge in [-0.3, -0.25) is 9.52 Å². The van der Waals surface area contributed by atoms with Crippen LogP contribution in [-0.4, -0.2) is 20.9 Å². The van der Waals surface area contributed by atoms with Crippen molar-refractivity contribution in [3.63, 3.8) is 0 Å². The molecule has 0 unspecified atom stereocenters. The Hall–Kier alpha value is -2.05. The Balaban J connectivity index is 1.99. The Kier molecular flexibility index (Phi) is 4.04. The number of benzene rings is 2. The van der Waals surface area contributed by atoms with E-state index in [1.807, 2.05) is 6.07 Å². The maximum absolute atomic E-state index is 12.6. The first kappa shape index (κ1) is 15.8. The Morgan fingerprint density at radius 3 is 2.61 bits per heavy atom. The summed E-state index contributed by atoms with van der Waals surface area (Å²) in [5, 5.41) is 0.165. The Morgan fingerprint density at radius 2 is 1.91 bits per heavy atom. The fourth-order valence-corrected chi connectivity index (χ4v) is 4.33. The normalized spacial score (nSPS) is 13.7. The summed E-state index contributed by atoms with van der Waals surface area (Å²) in [6, 6.07) is 11.5. The van der Waals surface area contributed by atoms with Gasteiger partial charge in [-0.25, -0.2) is 8.42 Å². The molecule has 3 rings (SSSR count). The first-order valence-electron chi connectivity index (χ1n) is 7.07. The number of rotatable bonds is 3. The monoisotopic (exact) mass is 350 g/mol. The molecule has 2 aromatic rings. The van der Waals surface area contributed by atoms with E-state index in [1.54, 1.807) is 29.2 Å². The van der Waals surface area contributed by atoms with E-state index >= 15 is 0 Å². The number of anilines is 2. The van der Waals surface area contributed by atoms with Gasteiger partial charge in [0, 0.05) is 24.7 Å². The minimum absolute atomic E-state index is 0.0284. The van der Waals surface area contributed by atoms with Gasteiger partial charge in [-0.15, -0.1) is 0 Å². The predicted molar refractivity (Wildman–Crippen MR) is 90.4 cm³/mol. The predicted octanol–water partition coefficient (Wildman–Crippen LogP) is 3.05. The molecule has 7 heteroatoms.